The third-order valence-electron chi connectivity index (χ3n) is 3.08. The molecule has 3 nitrogen and oxygen atoms in total. The Kier molecular flexibility index (Phi) is 3.17. The van der Waals surface area contributed by atoms with Crippen molar-refractivity contribution in [1.82, 2.24) is 4.98 Å². The van der Waals surface area contributed by atoms with Gasteiger partial charge in [0.15, 0.2) is 0 Å². The van der Waals surface area contributed by atoms with E-state index in [2.05, 4.69) is 39.1 Å². The second-order valence-corrected chi connectivity index (χ2v) is 5.31. The standard InChI is InChI=1S/C15H12BrN3/c16-13-6-7-14(17)19(10-13)9-12-4-1-3-11-5-2-8-18-15(11)12/h1-8,10,17H,9H2/p+1. The molecule has 0 spiro atoms. The van der Waals surface area contributed by atoms with Gasteiger partial charge in [0.2, 0.25) is 0 Å². The molecule has 1 aromatic carbocycles. The van der Waals surface area contributed by atoms with Crippen molar-refractivity contribution < 1.29 is 4.57 Å². The molecule has 0 radical (unpaired) electrons. The highest BCUT2D eigenvalue weighted by atomic mass is 79.9. The van der Waals surface area contributed by atoms with Gasteiger partial charge in [0.05, 0.1) is 9.99 Å². The van der Waals surface area contributed by atoms with Crippen LogP contribution in [-0.4, -0.2) is 4.98 Å². The smallest absolute Gasteiger partial charge is 0.272 e. The summed E-state index contributed by atoms with van der Waals surface area (Å²) in [7, 11) is 0. The number of halogens is 1. The summed E-state index contributed by atoms with van der Waals surface area (Å²) < 4.78 is 3.02. The maximum absolute atomic E-state index is 6.00. The summed E-state index contributed by atoms with van der Waals surface area (Å²) in [6, 6.07) is 14.1. The van der Waals surface area contributed by atoms with Crippen LogP contribution in [0, 0.1) is 0 Å². The third kappa shape index (κ3) is 2.44. The molecular formula is C15H13BrN3+. The first-order chi connectivity index (χ1) is 9.24. The van der Waals surface area contributed by atoms with Gasteiger partial charge >= 0.3 is 0 Å². The molecule has 0 aliphatic heterocycles. The lowest BCUT2D eigenvalue weighted by Crippen LogP contribution is -2.37. The molecule has 0 atom stereocenters. The molecule has 94 valence electrons. The second kappa shape index (κ2) is 4.97. The minimum Gasteiger partial charge on any atom is -0.287 e. The number of nitrogens with zero attached hydrogens (tertiary/aromatic N) is 2. The first kappa shape index (κ1) is 12.1. The van der Waals surface area contributed by atoms with E-state index in [-0.39, 0.29) is 0 Å². The number of rotatable bonds is 2. The Labute approximate surface area is 119 Å². The molecular weight excluding hydrogens is 302 g/mol. The van der Waals surface area contributed by atoms with Crippen molar-refractivity contribution in [2.24, 2.45) is 0 Å². The van der Waals surface area contributed by atoms with Gasteiger partial charge in [-0.25, -0.2) is 4.57 Å². The average Bonchev–Trinajstić information content (AvgIpc) is 2.43. The van der Waals surface area contributed by atoms with Crippen molar-refractivity contribution in [1.29, 1.82) is 0 Å². The van der Waals surface area contributed by atoms with Gasteiger partial charge in [-0.2, -0.15) is 0 Å². The summed E-state index contributed by atoms with van der Waals surface area (Å²) in [5.41, 5.74) is 8.19. The largest absolute Gasteiger partial charge is 0.287 e. The summed E-state index contributed by atoms with van der Waals surface area (Å²) in [5.74, 6) is 0.733. The Morgan fingerprint density at radius 2 is 1.95 bits per heavy atom. The van der Waals surface area contributed by atoms with Crippen molar-refractivity contribution in [2.75, 3.05) is 5.73 Å². The highest BCUT2D eigenvalue weighted by Gasteiger charge is 2.09. The zero-order valence-electron chi connectivity index (χ0n) is 10.3. The summed E-state index contributed by atoms with van der Waals surface area (Å²) in [6.45, 7) is 0.708. The van der Waals surface area contributed by atoms with E-state index in [1.54, 1.807) is 0 Å². The summed E-state index contributed by atoms with van der Waals surface area (Å²) in [6.07, 6.45) is 3.80. The number of hydrogen-bond acceptors (Lipinski definition) is 2. The van der Waals surface area contributed by atoms with Crippen molar-refractivity contribution in [3.05, 3.63) is 64.9 Å². The van der Waals surface area contributed by atoms with Crippen LogP contribution in [0.15, 0.2) is 59.3 Å². The molecule has 2 N–H and O–H groups in total. The van der Waals surface area contributed by atoms with E-state index in [0.717, 1.165) is 26.8 Å². The molecule has 0 aliphatic carbocycles. The summed E-state index contributed by atoms with van der Waals surface area (Å²) in [4.78, 5) is 4.46. The van der Waals surface area contributed by atoms with Crippen molar-refractivity contribution in [2.45, 2.75) is 6.54 Å². The zero-order valence-corrected chi connectivity index (χ0v) is 11.8. The summed E-state index contributed by atoms with van der Waals surface area (Å²) in [5, 5.41) is 1.15. The van der Waals surface area contributed by atoms with E-state index in [0.29, 0.717) is 6.54 Å². The molecule has 0 aliphatic rings. The number of fused-ring (bicyclic) bond motifs is 1. The lowest BCUT2D eigenvalue weighted by atomic mass is 10.1. The van der Waals surface area contributed by atoms with Crippen LogP contribution in [0.4, 0.5) is 5.82 Å². The van der Waals surface area contributed by atoms with Gasteiger partial charge in [0, 0.05) is 23.2 Å². The Morgan fingerprint density at radius 1 is 1.11 bits per heavy atom. The van der Waals surface area contributed by atoms with Crippen LogP contribution in [0.5, 0.6) is 0 Å². The van der Waals surface area contributed by atoms with Gasteiger partial charge in [0.1, 0.15) is 12.7 Å². The molecule has 2 heterocycles. The van der Waals surface area contributed by atoms with Crippen LogP contribution in [0.1, 0.15) is 5.56 Å². The average molecular weight is 315 g/mol. The maximum atomic E-state index is 6.00. The topological polar surface area (TPSA) is 42.8 Å². The Bertz CT molecular complexity index is 735. The number of aromatic nitrogens is 2. The maximum Gasteiger partial charge on any atom is 0.272 e. The van der Waals surface area contributed by atoms with Gasteiger partial charge in [-0.05, 0) is 28.1 Å². The number of pyridine rings is 2. The van der Waals surface area contributed by atoms with E-state index in [9.17, 15) is 0 Å². The first-order valence-corrected chi connectivity index (χ1v) is 6.80. The Balaban J connectivity index is 2.08. The van der Waals surface area contributed by atoms with Gasteiger partial charge in [0.25, 0.3) is 5.82 Å². The van der Waals surface area contributed by atoms with Gasteiger partial charge in [-0.3, -0.25) is 10.7 Å². The minimum absolute atomic E-state index is 0.708. The molecule has 3 rings (SSSR count). The van der Waals surface area contributed by atoms with Gasteiger partial charge < -0.3 is 0 Å². The number of para-hydroxylation sites is 1. The summed E-state index contributed by atoms with van der Waals surface area (Å²) >= 11 is 3.47. The molecule has 2 aromatic heterocycles. The quantitative estimate of drug-likeness (QED) is 0.739. The fourth-order valence-electron chi connectivity index (χ4n) is 2.14. The lowest BCUT2D eigenvalue weighted by Gasteiger charge is -2.06. The Hall–Kier alpha value is -1.94. The van der Waals surface area contributed by atoms with Gasteiger partial charge in [-0.1, -0.05) is 24.3 Å². The molecule has 3 aromatic rings. The molecule has 0 amide bonds. The van der Waals surface area contributed by atoms with E-state index >= 15 is 0 Å². The first-order valence-electron chi connectivity index (χ1n) is 6.01. The molecule has 0 bridgehead atoms. The highest BCUT2D eigenvalue weighted by molar-refractivity contribution is 9.10. The molecule has 4 heteroatoms. The number of nitrogens with two attached hydrogens (primary N) is 1. The molecule has 0 unspecified atom stereocenters. The fraction of sp³-hybridized carbons (Fsp3) is 0.0667. The lowest BCUT2D eigenvalue weighted by molar-refractivity contribution is -0.674. The highest BCUT2D eigenvalue weighted by Crippen LogP contribution is 2.16. The SMILES string of the molecule is Nc1ccc(Br)c[n+]1Cc1cccc2cccnc12. The van der Waals surface area contributed by atoms with Gasteiger partial charge in [-0.15, -0.1) is 0 Å². The zero-order chi connectivity index (χ0) is 13.2. The number of nitrogen functional groups attached to an aromatic ring is 1. The fourth-order valence-corrected chi connectivity index (χ4v) is 2.52. The van der Waals surface area contributed by atoms with Crippen LogP contribution in [0.25, 0.3) is 10.9 Å². The monoisotopic (exact) mass is 314 g/mol. The number of benzene rings is 1. The van der Waals surface area contributed by atoms with E-state index in [1.165, 1.54) is 0 Å². The molecule has 0 saturated carbocycles. The van der Waals surface area contributed by atoms with Crippen molar-refractivity contribution in [3.63, 3.8) is 0 Å². The number of anilines is 1. The molecule has 0 saturated heterocycles. The van der Waals surface area contributed by atoms with Crippen LogP contribution >= 0.6 is 15.9 Å². The second-order valence-electron chi connectivity index (χ2n) is 4.39. The van der Waals surface area contributed by atoms with Crippen LogP contribution < -0.4 is 10.3 Å². The Morgan fingerprint density at radius 3 is 2.84 bits per heavy atom. The molecule has 0 fully saturated rings. The predicted molar refractivity (Wildman–Crippen MR) is 79.6 cm³/mol. The van der Waals surface area contributed by atoms with E-state index in [1.807, 2.05) is 41.2 Å². The van der Waals surface area contributed by atoms with Crippen LogP contribution in [0.3, 0.4) is 0 Å². The predicted octanol–water partition coefficient (Wildman–Crippen LogP) is 2.92. The van der Waals surface area contributed by atoms with E-state index in [4.69, 9.17) is 5.73 Å². The minimum atomic E-state index is 0.708. The van der Waals surface area contributed by atoms with Crippen molar-refractivity contribution in [3.8, 4) is 0 Å². The number of hydrogen-bond donors (Lipinski definition) is 1. The normalized spacial score (nSPS) is 10.8. The van der Waals surface area contributed by atoms with Crippen LogP contribution in [-0.2, 0) is 6.54 Å². The van der Waals surface area contributed by atoms with Crippen molar-refractivity contribution >= 4 is 32.7 Å². The third-order valence-corrected chi connectivity index (χ3v) is 3.55. The molecule has 19 heavy (non-hydrogen) atoms. The van der Waals surface area contributed by atoms with E-state index < -0.39 is 0 Å². The van der Waals surface area contributed by atoms with Crippen LogP contribution in [0.2, 0.25) is 0 Å².